The molecule has 0 aromatic heterocycles. The van der Waals surface area contributed by atoms with Crippen LogP contribution in [0.2, 0.25) is 0 Å². The molecule has 0 spiro atoms. The Morgan fingerprint density at radius 3 is 1.50 bits per heavy atom. The van der Waals surface area contributed by atoms with Gasteiger partial charge in [-0.05, 0) is 38.5 Å². The van der Waals surface area contributed by atoms with Crippen LogP contribution in [0.4, 0.5) is 4.79 Å². The van der Waals surface area contributed by atoms with Gasteiger partial charge in [-0.3, -0.25) is 9.59 Å². The molecule has 104 valence electrons. The van der Waals surface area contributed by atoms with Gasteiger partial charge in [0.05, 0.1) is 0 Å². The Hall–Kier alpha value is -0.330. The minimum Gasteiger partial charge on any atom is -0.343 e. The first-order chi connectivity index (χ1) is 8.61. The van der Waals surface area contributed by atoms with Crippen LogP contribution in [-0.2, 0) is 4.79 Å². The maximum atomic E-state index is 11.4. The first kappa shape index (κ1) is 15.7. The summed E-state index contributed by atoms with van der Waals surface area (Å²) in [4.78, 5) is 26.8. The van der Waals surface area contributed by atoms with Gasteiger partial charge in [-0.25, -0.2) is 0 Å². The summed E-state index contributed by atoms with van der Waals surface area (Å²) in [5, 5.41) is 0. The summed E-state index contributed by atoms with van der Waals surface area (Å²) >= 11 is 1.88. The molecule has 0 saturated carbocycles. The highest BCUT2D eigenvalue weighted by atomic mass is 127. The zero-order valence-electron chi connectivity index (χ0n) is 11.2. The van der Waals surface area contributed by atoms with Gasteiger partial charge in [0.1, 0.15) is 0 Å². The van der Waals surface area contributed by atoms with Crippen molar-refractivity contribution in [3.8, 4) is 0 Å². The van der Waals surface area contributed by atoms with Gasteiger partial charge in [-0.1, -0.05) is 0 Å². The molecule has 0 radical (unpaired) electrons. The van der Waals surface area contributed by atoms with Crippen molar-refractivity contribution in [1.29, 1.82) is 0 Å². The van der Waals surface area contributed by atoms with Gasteiger partial charge in [0.15, 0.2) is 0 Å². The lowest BCUT2D eigenvalue weighted by molar-refractivity contribution is -0.129. The second kappa shape index (κ2) is 8.72. The SMILES string of the molecule is CC(=O)N1CCCCCN(C(=O)I)CCCCC1. The molecule has 5 heteroatoms. The third-order valence-corrected chi connectivity index (χ3v) is 4.09. The number of nitrogens with zero attached hydrogens (tertiary/aromatic N) is 2. The first-order valence-electron chi connectivity index (χ1n) is 6.81. The van der Waals surface area contributed by atoms with Crippen molar-refractivity contribution in [2.75, 3.05) is 26.2 Å². The van der Waals surface area contributed by atoms with E-state index in [9.17, 15) is 9.59 Å². The zero-order valence-corrected chi connectivity index (χ0v) is 13.3. The lowest BCUT2D eigenvalue weighted by Crippen LogP contribution is -2.32. The molecule has 0 N–H and O–H groups in total. The van der Waals surface area contributed by atoms with Crippen molar-refractivity contribution >= 4 is 32.4 Å². The highest BCUT2D eigenvalue weighted by Gasteiger charge is 2.12. The van der Waals surface area contributed by atoms with Crippen molar-refractivity contribution < 1.29 is 9.59 Å². The van der Waals surface area contributed by atoms with E-state index in [-0.39, 0.29) is 9.82 Å². The van der Waals surface area contributed by atoms with Crippen molar-refractivity contribution in [2.24, 2.45) is 0 Å². The van der Waals surface area contributed by atoms with Crippen LogP contribution >= 0.6 is 22.6 Å². The maximum Gasteiger partial charge on any atom is 0.283 e. The van der Waals surface area contributed by atoms with E-state index in [4.69, 9.17) is 0 Å². The molecule has 1 aliphatic heterocycles. The third kappa shape index (κ3) is 6.02. The lowest BCUT2D eigenvalue weighted by atomic mass is 10.1. The molecular formula is C13H23IN2O2. The van der Waals surface area contributed by atoms with Gasteiger partial charge in [0.25, 0.3) is 3.91 Å². The van der Waals surface area contributed by atoms with Crippen molar-refractivity contribution in [3.05, 3.63) is 0 Å². The van der Waals surface area contributed by atoms with Crippen LogP contribution in [0.5, 0.6) is 0 Å². The summed E-state index contributed by atoms with van der Waals surface area (Å²) in [5.74, 6) is 0.191. The second-order valence-electron chi connectivity index (χ2n) is 4.87. The molecule has 1 rings (SSSR count). The topological polar surface area (TPSA) is 40.6 Å². The smallest absolute Gasteiger partial charge is 0.283 e. The van der Waals surface area contributed by atoms with Crippen LogP contribution in [0.15, 0.2) is 0 Å². The highest BCUT2D eigenvalue weighted by molar-refractivity contribution is 14.1. The van der Waals surface area contributed by atoms with Gasteiger partial charge >= 0.3 is 0 Å². The predicted octanol–water partition coefficient (Wildman–Crippen LogP) is 3.05. The highest BCUT2D eigenvalue weighted by Crippen LogP contribution is 2.10. The fraction of sp³-hybridized carbons (Fsp3) is 0.846. The zero-order chi connectivity index (χ0) is 13.4. The molecule has 1 fully saturated rings. The summed E-state index contributed by atoms with van der Waals surface area (Å²) in [6.45, 7) is 5.12. The summed E-state index contributed by atoms with van der Waals surface area (Å²) in [5.41, 5.74) is 0. The number of hydrogen-bond donors (Lipinski definition) is 0. The fourth-order valence-electron chi connectivity index (χ4n) is 2.28. The van der Waals surface area contributed by atoms with E-state index in [0.29, 0.717) is 0 Å². The van der Waals surface area contributed by atoms with E-state index in [0.717, 1.165) is 64.7 Å². The third-order valence-electron chi connectivity index (χ3n) is 3.41. The maximum absolute atomic E-state index is 11.4. The van der Waals surface area contributed by atoms with Crippen LogP contribution in [0.3, 0.4) is 0 Å². The number of carbonyl (C=O) groups is 2. The average Bonchev–Trinajstić information content (AvgIpc) is 2.28. The minimum absolute atomic E-state index is 0.162. The van der Waals surface area contributed by atoms with E-state index in [2.05, 4.69) is 0 Å². The molecule has 0 atom stereocenters. The quantitative estimate of drug-likeness (QED) is 0.376. The molecule has 0 unspecified atom stereocenters. The second-order valence-corrected chi connectivity index (χ2v) is 5.79. The Morgan fingerprint density at radius 1 is 0.778 bits per heavy atom. The van der Waals surface area contributed by atoms with E-state index >= 15 is 0 Å². The fourth-order valence-corrected chi connectivity index (χ4v) is 2.76. The van der Waals surface area contributed by atoms with Gasteiger partial charge in [-0.2, -0.15) is 0 Å². The largest absolute Gasteiger partial charge is 0.343 e. The minimum atomic E-state index is 0.162. The summed E-state index contributed by atoms with van der Waals surface area (Å²) in [6, 6.07) is 0. The standard InChI is InChI=1S/C13H23IN2O2/c1-12(17)15-8-4-2-6-10-16(13(14)18)11-7-3-5-9-15/h2-11H2,1H3. The van der Waals surface area contributed by atoms with Crippen LogP contribution < -0.4 is 0 Å². The van der Waals surface area contributed by atoms with Crippen molar-refractivity contribution in [3.63, 3.8) is 0 Å². The predicted molar refractivity (Wildman–Crippen MR) is 80.9 cm³/mol. The van der Waals surface area contributed by atoms with E-state index < -0.39 is 0 Å². The normalized spacial score (nSPS) is 19.9. The Labute approximate surface area is 123 Å². The summed E-state index contributed by atoms with van der Waals surface area (Å²) in [7, 11) is 0. The van der Waals surface area contributed by atoms with E-state index in [1.54, 1.807) is 6.92 Å². The molecule has 0 aromatic rings. The summed E-state index contributed by atoms with van der Waals surface area (Å²) in [6.07, 6.45) is 6.35. The van der Waals surface area contributed by atoms with Gasteiger partial charge in [0.2, 0.25) is 5.91 Å². The van der Waals surface area contributed by atoms with Gasteiger partial charge < -0.3 is 9.80 Å². The number of halogens is 1. The molecule has 0 aromatic carbocycles. The van der Waals surface area contributed by atoms with E-state index in [1.165, 1.54) is 0 Å². The molecular weight excluding hydrogens is 343 g/mol. The van der Waals surface area contributed by atoms with Crippen LogP contribution in [-0.4, -0.2) is 45.8 Å². The average molecular weight is 366 g/mol. The number of rotatable bonds is 0. The molecule has 4 nitrogen and oxygen atoms in total. The number of amides is 2. The summed E-state index contributed by atoms with van der Waals surface area (Å²) < 4.78 is 0.162. The lowest BCUT2D eigenvalue weighted by Gasteiger charge is -2.24. The Balaban J connectivity index is 2.42. The molecule has 0 bridgehead atoms. The Bertz CT molecular complexity index is 244. The van der Waals surface area contributed by atoms with Crippen LogP contribution in [0.1, 0.15) is 45.4 Å². The molecule has 2 amide bonds. The van der Waals surface area contributed by atoms with Crippen molar-refractivity contribution in [1.82, 2.24) is 9.80 Å². The van der Waals surface area contributed by atoms with Gasteiger partial charge in [0, 0.05) is 55.7 Å². The molecule has 1 saturated heterocycles. The van der Waals surface area contributed by atoms with Gasteiger partial charge in [-0.15, -0.1) is 0 Å². The Morgan fingerprint density at radius 2 is 1.17 bits per heavy atom. The van der Waals surface area contributed by atoms with Crippen LogP contribution in [0, 0.1) is 0 Å². The molecule has 1 heterocycles. The number of hydrogen-bond acceptors (Lipinski definition) is 2. The van der Waals surface area contributed by atoms with Crippen LogP contribution in [0.25, 0.3) is 0 Å². The van der Waals surface area contributed by atoms with E-state index in [1.807, 2.05) is 32.4 Å². The Kier molecular flexibility index (Phi) is 7.62. The monoisotopic (exact) mass is 366 g/mol. The number of carbonyl (C=O) groups excluding carboxylic acids is 2. The molecule has 1 aliphatic rings. The molecule has 0 aliphatic carbocycles. The van der Waals surface area contributed by atoms with Crippen molar-refractivity contribution in [2.45, 2.75) is 45.4 Å². The molecule has 18 heavy (non-hydrogen) atoms. The first-order valence-corrected chi connectivity index (χ1v) is 7.89.